The fourth-order valence-electron chi connectivity index (χ4n) is 3.72. The van der Waals surface area contributed by atoms with Crippen LogP contribution in [0.15, 0.2) is 36.5 Å². The van der Waals surface area contributed by atoms with Crippen LogP contribution in [-0.4, -0.2) is 50.7 Å². The molecule has 1 aromatic carbocycles. The zero-order valence-electron chi connectivity index (χ0n) is 14.1. The van der Waals surface area contributed by atoms with Crippen molar-refractivity contribution in [1.29, 1.82) is 0 Å². The van der Waals surface area contributed by atoms with Crippen LogP contribution in [0.3, 0.4) is 0 Å². The van der Waals surface area contributed by atoms with Gasteiger partial charge in [-0.3, -0.25) is 14.9 Å². The lowest BCUT2D eigenvalue weighted by Gasteiger charge is -2.42. The average Bonchev–Trinajstić information content (AvgIpc) is 3.10. The quantitative estimate of drug-likeness (QED) is 0.653. The van der Waals surface area contributed by atoms with E-state index in [-0.39, 0.29) is 24.0 Å². The van der Waals surface area contributed by atoms with Crippen molar-refractivity contribution in [2.75, 3.05) is 13.1 Å². The molecule has 4 rings (SSSR count). The van der Waals surface area contributed by atoms with Crippen LogP contribution in [-0.2, 0) is 0 Å². The Balaban J connectivity index is 0.00000196. The number of nitro groups is 1. The largest absolute Gasteiger partial charge is 0.334 e. The fourth-order valence-corrected chi connectivity index (χ4v) is 3.72. The molecule has 2 saturated heterocycles. The van der Waals surface area contributed by atoms with Gasteiger partial charge in [-0.1, -0.05) is 18.6 Å². The number of benzene rings is 1. The predicted molar refractivity (Wildman–Crippen MR) is 97.9 cm³/mol. The van der Waals surface area contributed by atoms with Crippen molar-refractivity contribution in [3.05, 3.63) is 52.3 Å². The molecule has 9 heteroatoms. The molecule has 2 bridgehead atoms. The van der Waals surface area contributed by atoms with Gasteiger partial charge in [0.25, 0.3) is 11.6 Å². The van der Waals surface area contributed by atoms with E-state index in [1.54, 1.807) is 30.5 Å². The topological polar surface area (TPSA) is 93.3 Å². The van der Waals surface area contributed by atoms with Crippen molar-refractivity contribution in [3.8, 4) is 5.69 Å². The third kappa shape index (κ3) is 3.42. The first-order valence-electron chi connectivity index (χ1n) is 8.46. The minimum Gasteiger partial charge on any atom is -0.334 e. The molecule has 0 radical (unpaired) electrons. The van der Waals surface area contributed by atoms with Crippen molar-refractivity contribution in [3.63, 3.8) is 0 Å². The van der Waals surface area contributed by atoms with Crippen LogP contribution in [0.2, 0.25) is 0 Å². The first-order chi connectivity index (χ1) is 12.1. The number of nitro benzene ring substituents is 1. The molecule has 2 atom stereocenters. The first-order valence-corrected chi connectivity index (χ1v) is 8.46. The zero-order chi connectivity index (χ0) is 17.4. The number of piperazine rings is 1. The second-order valence-electron chi connectivity index (χ2n) is 6.59. The summed E-state index contributed by atoms with van der Waals surface area (Å²) in [5.74, 6) is -0.115. The number of aromatic nitrogens is 2. The summed E-state index contributed by atoms with van der Waals surface area (Å²) in [6, 6.07) is 8.70. The summed E-state index contributed by atoms with van der Waals surface area (Å²) in [7, 11) is 0. The number of nitrogens with one attached hydrogen (secondary N) is 1. The number of likely N-dealkylation sites (tertiary alicyclic amines) is 1. The monoisotopic (exact) mass is 377 g/mol. The normalized spacial score (nSPS) is 21.8. The number of halogens is 1. The van der Waals surface area contributed by atoms with Crippen molar-refractivity contribution in [2.24, 2.45) is 0 Å². The third-order valence-electron chi connectivity index (χ3n) is 4.88. The maximum Gasteiger partial charge on any atom is 0.294 e. The van der Waals surface area contributed by atoms with Crippen LogP contribution in [0.1, 0.15) is 29.8 Å². The number of nitrogens with zero attached hydrogens (tertiary/aromatic N) is 4. The van der Waals surface area contributed by atoms with Crippen LogP contribution in [0.25, 0.3) is 5.69 Å². The summed E-state index contributed by atoms with van der Waals surface area (Å²) in [4.78, 5) is 25.4. The van der Waals surface area contributed by atoms with Crippen molar-refractivity contribution >= 4 is 24.0 Å². The lowest BCUT2D eigenvalue weighted by Crippen LogP contribution is -2.59. The van der Waals surface area contributed by atoms with E-state index in [0.717, 1.165) is 12.8 Å². The number of carbonyl (C=O) groups is 1. The summed E-state index contributed by atoms with van der Waals surface area (Å²) in [5.41, 5.74) is 0.628. The number of carbonyl (C=O) groups excluding carboxylic acids is 1. The molecule has 3 heterocycles. The van der Waals surface area contributed by atoms with Gasteiger partial charge in [-0.05, 0) is 25.0 Å². The van der Waals surface area contributed by atoms with Crippen LogP contribution < -0.4 is 5.32 Å². The summed E-state index contributed by atoms with van der Waals surface area (Å²) >= 11 is 0. The van der Waals surface area contributed by atoms with Gasteiger partial charge in [0.05, 0.1) is 4.92 Å². The summed E-state index contributed by atoms with van der Waals surface area (Å²) in [6.45, 7) is 1.38. The van der Waals surface area contributed by atoms with E-state index >= 15 is 0 Å². The van der Waals surface area contributed by atoms with E-state index in [2.05, 4.69) is 10.4 Å². The van der Waals surface area contributed by atoms with Crippen LogP contribution in [0.4, 0.5) is 5.69 Å². The number of fused-ring (bicyclic) bond motifs is 2. The van der Waals surface area contributed by atoms with Crippen LogP contribution >= 0.6 is 12.4 Å². The Bertz CT molecular complexity index is 812. The van der Waals surface area contributed by atoms with Crippen LogP contribution in [0, 0.1) is 10.1 Å². The van der Waals surface area contributed by atoms with Gasteiger partial charge in [-0.15, -0.1) is 12.4 Å². The van der Waals surface area contributed by atoms with Gasteiger partial charge in [0.1, 0.15) is 5.69 Å². The Labute approximate surface area is 156 Å². The van der Waals surface area contributed by atoms with Crippen molar-refractivity contribution in [1.82, 2.24) is 20.0 Å². The summed E-state index contributed by atoms with van der Waals surface area (Å²) in [6.07, 6.45) is 4.98. The maximum atomic E-state index is 12.8. The minimum absolute atomic E-state index is 0. The van der Waals surface area contributed by atoms with Gasteiger partial charge in [-0.25, -0.2) is 4.68 Å². The molecule has 138 valence electrons. The smallest absolute Gasteiger partial charge is 0.294 e. The molecule has 2 aromatic rings. The molecule has 0 spiro atoms. The van der Waals surface area contributed by atoms with Crippen LogP contribution in [0.5, 0.6) is 0 Å². The van der Waals surface area contributed by atoms with E-state index in [4.69, 9.17) is 0 Å². The first kappa shape index (κ1) is 18.3. The molecule has 8 nitrogen and oxygen atoms in total. The Morgan fingerprint density at radius 2 is 1.88 bits per heavy atom. The highest BCUT2D eigenvalue weighted by Gasteiger charge is 2.33. The second-order valence-corrected chi connectivity index (χ2v) is 6.59. The Morgan fingerprint density at radius 1 is 1.19 bits per heavy atom. The standard InChI is InChI=1S/C17H19N5O3.ClH/c23-17(20-10-12-4-3-5-13(11-20)18-12)14-8-9-21(19-14)15-6-1-2-7-16(15)22(24)25;/h1-2,6-9,12-13,18H,3-5,10-11H2;1H. The molecule has 26 heavy (non-hydrogen) atoms. The van der Waals surface area contributed by atoms with E-state index in [1.807, 2.05) is 4.90 Å². The molecule has 1 amide bonds. The predicted octanol–water partition coefficient (Wildman–Crippen LogP) is 2.17. The Hall–Kier alpha value is -2.45. The molecule has 2 unspecified atom stereocenters. The number of para-hydroxylation sites is 2. The van der Waals surface area contributed by atoms with Gasteiger partial charge < -0.3 is 10.2 Å². The SMILES string of the molecule is Cl.O=C(c1ccn(-c2ccccc2[N+](=O)[O-])n1)N1CC2CCCC(C1)N2. The Morgan fingerprint density at radius 3 is 2.58 bits per heavy atom. The molecular weight excluding hydrogens is 358 g/mol. The molecule has 0 saturated carbocycles. The number of amides is 1. The molecule has 0 aliphatic carbocycles. The van der Waals surface area contributed by atoms with Crippen molar-refractivity contribution < 1.29 is 9.72 Å². The van der Waals surface area contributed by atoms with E-state index in [1.165, 1.54) is 17.2 Å². The number of hydrogen-bond donors (Lipinski definition) is 1. The highest BCUT2D eigenvalue weighted by Crippen LogP contribution is 2.23. The van der Waals surface area contributed by atoms with Gasteiger partial charge in [0, 0.05) is 37.4 Å². The number of hydrogen-bond acceptors (Lipinski definition) is 5. The highest BCUT2D eigenvalue weighted by atomic mass is 35.5. The van der Waals surface area contributed by atoms with Gasteiger partial charge in [0.15, 0.2) is 5.69 Å². The van der Waals surface area contributed by atoms with E-state index in [9.17, 15) is 14.9 Å². The molecule has 2 fully saturated rings. The summed E-state index contributed by atoms with van der Waals surface area (Å²) in [5, 5.41) is 19.0. The van der Waals surface area contributed by atoms with E-state index in [0.29, 0.717) is 36.6 Å². The molecule has 1 N–H and O–H groups in total. The average molecular weight is 378 g/mol. The van der Waals surface area contributed by atoms with E-state index < -0.39 is 4.92 Å². The summed E-state index contributed by atoms with van der Waals surface area (Å²) < 4.78 is 1.40. The second kappa shape index (κ2) is 7.43. The highest BCUT2D eigenvalue weighted by molar-refractivity contribution is 5.92. The molecule has 2 aliphatic heterocycles. The lowest BCUT2D eigenvalue weighted by molar-refractivity contribution is -0.384. The lowest BCUT2D eigenvalue weighted by atomic mass is 9.94. The number of piperidine rings is 1. The van der Waals surface area contributed by atoms with Gasteiger partial charge in [0.2, 0.25) is 0 Å². The van der Waals surface area contributed by atoms with Gasteiger partial charge >= 0.3 is 0 Å². The third-order valence-corrected chi connectivity index (χ3v) is 4.88. The zero-order valence-corrected chi connectivity index (χ0v) is 14.9. The number of rotatable bonds is 3. The Kier molecular flexibility index (Phi) is 5.24. The molecular formula is C17H20ClN5O3. The molecule has 2 aliphatic rings. The minimum atomic E-state index is -0.448. The molecule has 1 aromatic heterocycles. The van der Waals surface area contributed by atoms with Gasteiger partial charge in [-0.2, -0.15) is 5.10 Å². The maximum absolute atomic E-state index is 12.8. The fraction of sp³-hybridized carbons (Fsp3) is 0.412. The van der Waals surface area contributed by atoms with Crippen molar-refractivity contribution in [2.45, 2.75) is 31.3 Å².